The molecule has 0 amide bonds. The van der Waals surface area contributed by atoms with E-state index in [0.717, 1.165) is 37.8 Å². The highest BCUT2D eigenvalue weighted by molar-refractivity contribution is 5.08. The van der Waals surface area contributed by atoms with Gasteiger partial charge < -0.3 is 9.13 Å². The van der Waals surface area contributed by atoms with Crippen molar-refractivity contribution < 1.29 is 0 Å². The van der Waals surface area contributed by atoms with E-state index in [1.54, 1.807) is 0 Å². The number of imidazole rings is 1. The molecule has 0 unspecified atom stereocenters. The van der Waals surface area contributed by atoms with Gasteiger partial charge in [-0.25, -0.2) is 4.98 Å². The Hall–Kier alpha value is -1.73. The smallest absolute Gasteiger partial charge is 0.146 e. The fourth-order valence-corrected chi connectivity index (χ4v) is 3.63. The first-order valence-corrected chi connectivity index (χ1v) is 8.88. The molecule has 4 rings (SSSR count). The molecule has 1 saturated heterocycles. The van der Waals surface area contributed by atoms with E-state index in [4.69, 9.17) is 0 Å². The Morgan fingerprint density at radius 1 is 1.17 bits per heavy atom. The Labute approximate surface area is 143 Å². The molecule has 2 aliphatic rings. The Kier molecular flexibility index (Phi) is 4.14. The predicted octanol–water partition coefficient (Wildman–Crippen LogP) is 1.13. The first kappa shape index (κ1) is 15.8. The van der Waals surface area contributed by atoms with Gasteiger partial charge in [-0.2, -0.15) is 0 Å². The van der Waals surface area contributed by atoms with Crippen LogP contribution in [0.15, 0.2) is 12.4 Å². The van der Waals surface area contributed by atoms with Gasteiger partial charge in [-0.15, -0.1) is 10.2 Å². The molecule has 0 N–H and O–H groups in total. The summed E-state index contributed by atoms with van der Waals surface area (Å²) in [6.07, 6.45) is 7.63. The minimum atomic E-state index is 0.575. The largest absolute Gasteiger partial charge is 0.337 e. The number of aryl methyl sites for hydroxylation is 1. The summed E-state index contributed by atoms with van der Waals surface area (Å²) in [6.45, 7) is 4.03. The number of rotatable bonds is 6. The Balaban J connectivity index is 1.34. The van der Waals surface area contributed by atoms with Crippen LogP contribution >= 0.6 is 0 Å². The van der Waals surface area contributed by atoms with E-state index in [0.29, 0.717) is 12.0 Å². The first-order valence-electron chi connectivity index (χ1n) is 8.88. The van der Waals surface area contributed by atoms with Crippen molar-refractivity contribution in [3.05, 3.63) is 29.9 Å². The molecule has 0 bridgehead atoms. The van der Waals surface area contributed by atoms with Crippen molar-refractivity contribution in [2.24, 2.45) is 14.1 Å². The number of hydrogen-bond donors (Lipinski definition) is 0. The molecular formula is C17H27N7. The summed E-state index contributed by atoms with van der Waals surface area (Å²) in [5.41, 5.74) is 0. The van der Waals surface area contributed by atoms with Crippen molar-refractivity contribution in [3.8, 4) is 0 Å². The van der Waals surface area contributed by atoms with Crippen LogP contribution in [-0.2, 0) is 27.2 Å². The second kappa shape index (κ2) is 6.29. The maximum Gasteiger partial charge on any atom is 0.146 e. The van der Waals surface area contributed by atoms with Crippen LogP contribution in [0.1, 0.15) is 42.7 Å². The lowest BCUT2D eigenvalue weighted by atomic mass is 10.2. The van der Waals surface area contributed by atoms with Crippen molar-refractivity contribution in [2.75, 3.05) is 20.1 Å². The van der Waals surface area contributed by atoms with E-state index in [9.17, 15) is 0 Å². The summed E-state index contributed by atoms with van der Waals surface area (Å²) in [7, 11) is 6.38. The molecule has 3 heterocycles. The molecule has 1 atom stereocenters. The van der Waals surface area contributed by atoms with Gasteiger partial charge in [0.25, 0.3) is 0 Å². The van der Waals surface area contributed by atoms with E-state index < -0.39 is 0 Å². The van der Waals surface area contributed by atoms with Gasteiger partial charge >= 0.3 is 0 Å². The maximum absolute atomic E-state index is 4.44. The number of nitrogens with zero attached hydrogens (tertiary/aromatic N) is 7. The molecular weight excluding hydrogens is 302 g/mol. The van der Waals surface area contributed by atoms with Gasteiger partial charge in [0.1, 0.15) is 17.5 Å². The van der Waals surface area contributed by atoms with Crippen molar-refractivity contribution in [3.63, 3.8) is 0 Å². The molecule has 2 fully saturated rings. The van der Waals surface area contributed by atoms with Crippen LogP contribution in [0.2, 0.25) is 0 Å². The SMILES string of the molecule is CN(Cc1nnc(C2CC2)n1C)[C@H]1CCN(Cc2nccn2C)C1. The molecule has 2 aromatic heterocycles. The number of likely N-dealkylation sites (N-methyl/N-ethyl adjacent to an activating group) is 1. The maximum atomic E-state index is 4.44. The highest BCUT2D eigenvalue weighted by Crippen LogP contribution is 2.38. The fraction of sp³-hybridized carbons (Fsp3) is 0.706. The van der Waals surface area contributed by atoms with Gasteiger partial charge in [0, 0.05) is 51.5 Å². The van der Waals surface area contributed by atoms with Crippen LogP contribution in [0.25, 0.3) is 0 Å². The Morgan fingerprint density at radius 2 is 2.00 bits per heavy atom. The summed E-state index contributed by atoms with van der Waals surface area (Å²) in [4.78, 5) is 9.37. The highest BCUT2D eigenvalue weighted by Gasteiger charge is 2.31. The molecule has 0 spiro atoms. The Morgan fingerprint density at radius 3 is 2.71 bits per heavy atom. The van der Waals surface area contributed by atoms with Crippen LogP contribution in [0.5, 0.6) is 0 Å². The van der Waals surface area contributed by atoms with Gasteiger partial charge in [-0.1, -0.05) is 0 Å². The van der Waals surface area contributed by atoms with Gasteiger partial charge in [0.2, 0.25) is 0 Å². The summed E-state index contributed by atoms with van der Waals surface area (Å²) < 4.78 is 4.31. The highest BCUT2D eigenvalue weighted by atomic mass is 15.3. The van der Waals surface area contributed by atoms with Gasteiger partial charge in [-0.3, -0.25) is 9.80 Å². The third-order valence-corrected chi connectivity index (χ3v) is 5.49. The lowest BCUT2D eigenvalue weighted by Gasteiger charge is -2.24. The normalized spacial score (nSPS) is 21.9. The standard InChI is InChI=1S/C17H27N7/c1-21-9-7-18-15(21)12-24-8-6-14(10-24)22(2)11-16-19-20-17(23(16)3)13-4-5-13/h7,9,13-14H,4-6,8,10-12H2,1-3H3/t14-/m0/s1. The summed E-state index contributed by atoms with van der Waals surface area (Å²) >= 11 is 0. The molecule has 7 heteroatoms. The van der Waals surface area contributed by atoms with E-state index in [-0.39, 0.29) is 0 Å². The van der Waals surface area contributed by atoms with Crippen LogP contribution in [-0.4, -0.2) is 60.3 Å². The van der Waals surface area contributed by atoms with Crippen molar-refractivity contribution in [2.45, 2.75) is 44.3 Å². The minimum absolute atomic E-state index is 0.575. The molecule has 1 aliphatic carbocycles. The van der Waals surface area contributed by atoms with Gasteiger partial charge in [0.15, 0.2) is 0 Å². The van der Waals surface area contributed by atoms with Crippen molar-refractivity contribution >= 4 is 0 Å². The Bertz CT molecular complexity index is 700. The number of likely N-dealkylation sites (tertiary alicyclic amines) is 1. The second-order valence-electron chi connectivity index (χ2n) is 7.35. The van der Waals surface area contributed by atoms with Crippen molar-refractivity contribution in [1.82, 2.24) is 34.1 Å². The molecule has 2 aromatic rings. The zero-order chi connectivity index (χ0) is 16.7. The summed E-state index contributed by atoms with van der Waals surface area (Å²) in [5.74, 6) is 4.05. The predicted molar refractivity (Wildman–Crippen MR) is 91.3 cm³/mol. The average molecular weight is 329 g/mol. The fourth-order valence-electron chi connectivity index (χ4n) is 3.63. The molecule has 24 heavy (non-hydrogen) atoms. The first-order chi connectivity index (χ1) is 11.6. The lowest BCUT2D eigenvalue weighted by Crippen LogP contribution is -2.35. The third-order valence-electron chi connectivity index (χ3n) is 5.49. The van der Waals surface area contributed by atoms with E-state index in [1.807, 2.05) is 12.4 Å². The number of aromatic nitrogens is 5. The lowest BCUT2D eigenvalue weighted by molar-refractivity contribution is 0.214. The third kappa shape index (κ3) is 3.10. The molecule has 1 saturated carbocycles. The summed E-state index contributed by atoms with van der Waals surface area (Å²) in [5, 5.41) is 8.82. The molecule has 0 aromatic carbocycles. The molecule has 7 nitrogen and oxygen atoms in total. The quantitative estimate of drug-likeness (QED) is 0.795. The monoisotopic (exact) mass is 329 g/mol. The van der Waals surface area contributed by atoms with Gasteiger partial charge in [-0.05, 0) is 26.3 Å². The second-order valence-corrected chi connectivity index (χ2v) is 7.35. The van der Waals surface area contributed by atoms with Crippen LogP contribution in [0.3, 0.4) is 0 Å². The van der Waals surface area contributed by atoms with E-state index >= 15 is 0 Å². The summed E-state index contributed by atoms with van der Waals surface area (Å²) in [6, 6.07) is 0.575. The molecule has 1 aliphatic heterocycles. The topological polar surface area (TPSA) is 55.0 Å². The van der Waals surface area contributed by atoms with E-state index in [1.165, 1.54) is 25.1 Å². The zero-order valence-electron chi connectivity index (χ0n) is 14.9. The zero-order valence-corrected chi connectivity index (χ0v) is 14.9. The van der Waals surface area contributed by atoms with Gasteiger partial charge in [0.05, 0.1) is 13.1 Å². The molecule has 0 radical (unpaired) electrons. The number of hydrogen-bond acceptors (Lipinski definition) is 5. The molecule has 130 valence electrons. The van der Waals surface area contributed by atoms with E-state index in [2.05, 4.69) is 55.3 Å². The minimum Gasteiger partial charge on any atom is -0.337 e. The van der Waals surface area contributed by atoms with Crippen LogP contribution < -0.4 is 0 Å². The van der Waals surface area contributed by atoms with Crippen LogP contribution in [0.4, 0.5) is 0 Å². The van der Waals surface area contributed by atoms with Crippen molar-refractivity contribution in [1.29, 1.82) is 0 Å². The van der Waals surface area contributed by atoms with Crippen LogP contribution in [0, 0.1) is 0 Å². The average Bonchev–Trinajstić information content (AvgIpc) is 2.97.